The summed E-state index contributed by atoms with van der Waals surface area (Å²) < 4.78 is 28.8. The molecule has 1 amide bonds. The van der Waals surface area contributed by atoms with Crippen molar-refractivity contribution in [2.75, 3.05) is 7.05 Å². The summed E-state index contributed by atoms with van der Waals surface area (Å²) in [5.74, 6) is -0.645. The van der Waals surface area contributed by atoms with E-state index < -0.39 is 15.9 Å². The highest BCUT2D eigenvalue weighted by Crippen LogP contribution is 2.21. The SMILES string of the molecule is CNC1CCC(NS(=O)(=O)c2cc(C(N)=O)n(C)c2)CC1. The number of aryl methyl sites for hydroxylation is 1. The number of hydrogen-bond donors (Lipinski definition) is 3. The van der Waals surface area contributed by atoms with E-state index in [1.807, 2.05) is 7.05 Å². The van der Waals surface area contributed by atoms with E-state index in [0.717, 1.165) is 25.7 Å². The number of rotatable bonds is 5. The van der Waals surface area contributed by atoms with Crippen LogP contribution in [0.3, 0.4) is 0 Å². The Morgan fingerprint density at radius 3 is 2.33 bits per heavy atom. The molecule has 7 nitrogen and oxygen atoms in total. The number of aromatic nitrogens is 1. The zero-order valence-corrected chi connectivity index (χ0v) is 13.1. The van der Waals surface area contributed by atoms with Crippen LogP contribution < -0.4 is 15.8 Å². The Kier molecular flexibility index (Phi) is 4.70. The molecule has 0 saturated heterocycles. The number of nitrogens with one attached hydrogen (secondary N) is 2. The first-order chi connectivity index (χ1) is 9.83. The van der Waals surface area contributed by atoms with Gasteiger partial charge in [0.2, 0.25) is 10.0 Å². The maximum atomic E-state index is 12.3. The maximum absolute atomic E-state index is 12.3. The van der Waals surface area contributed by atoms with E-state index in [1.165, 1.54) is 16.8 Å². The van der Waals surface area contributed by atoms with Crippen molar-refractivity contribution < 1.29 is 13.2 Å². The van der Waals surface area contributed by atoms with Crippen LogP contribution in [0.15, 0.2) is 17.2 Å². The quantitative estimate of drug-likeness (QED) is 0.707. The Balaban J connectivity index is 2.09. The van der Waals surface area contributed by atoms with Gasteiger partial charge in [0.25, 0.3) is 5.91 Å². The molecule has 0 bridgehead atoms. The minimum Gasteiger partial charge on any atom is -0.364 e. The number of sulfonamides is 1. The molecule has 1 aliphatic carbocycles. The summed E-state index contributed by atoms with van der Waals surface area (Å²) in [6.45, 7) is 0. The lowest BCUT2D eigenvalue weighted by Gasteiger charge is -2.28. The van der Waals surface area contributed by atoms with Gasteiger partial charge in [-0.05, 0) is 38.8 Å². The molecule has 0 aromatic carbocycles. The van der Waals surface area contributed by atoms with Crippen LogP contribution in [0, 0.1) is 0 Å². The lowest BCUT2D eigenvalue weighted by atomic mass is 9.92. The third kappa shape index (κ3) is 3.63. The average molecular weight is 314 g/mol. The summed E-state index contributed by atoms with van der Waals surface area (Å²) in [4.78, 5) is 11.3. The summed E-state index contributed by atoms with van der Waals surface area (Å²) >= 11 is 0. The largest absolute Gasteiger partial charge is 0.364 e. The van der Waals surface area contributed by atoms with Gasteiger partial charge in [0, 0.05) is 25.3 Å². The molecule has 1 aliphatic rings. The van der Waals surface area contributed by atoms with Crippen LogP contribution in [0.5, 0.6) is 0 Å². The van der Waals surface area contributed by atoms with Crippen molar-refractivity contribution in [3.05, 3.63) is 18.0 Å². The number of amides is 1. The zero-order chi connectivity index (χ0) is 15.6. The van der Waals surface area contributed by atoms with Crippen molar-refractivity contribution in [2.45, 2.75) is 42.7 Å². The molecule has 1 heterocycles. The van der Waals surface area contributed by atoms with E-state index in [9.17, 15) is 13.2 Å². The molecular formula is C13H22N4O3S. The first kappa shape index (κ1) is 16.0. The summed E-state index contributed by atoms with van der Waals surface area (Å²) in [6.07, 6.45) is 4.91. The van der Waals surface area contributed by atoms with Gasteiger partial charge in [-0.25, -0.2) is 13.1 Å². The van der Waals surface area contributed by atoms with Gasteiger partial charge in [-0.3, -0.25) is 4.79 Å². The normalized spacial score (nSPS) is 23.1. The molecule has 1 fully saturated rings. The second kappa shape index (κ2) is 6.17. The highest BCUT2D eigenvalue weighted by Gasteiger charge is 2.26. The van der Waals surface area contributed by atoms with E-state index in [-0.39, 0.29) is 16.6 Å². The first-order valence-electron chi connectivity index (χ1n) is 6.99. The summed E-state index contributed by atoms with van der Waals surface area (Å²) in [6, 6.07) is 1.71. The van der Waals surface area contributed by atoms with Gasteiger partial charge in [-0.1, -0.05) is 0 Å². The van der Waals surface area contributed by atoms with Crippen molar-refractivity contribution in [1.82, 2.24) is 14.6 Å². The summed E-state index contributed by atoms with van der Waals surface area (Å²) in [5, 5.41) is 3.21. The van der Waals surface area contributed by atoms with Crippen molar-refractivity contribution in [1.29, 1.82) is 0 Å². The zero-order valence-electron chi connectivity index (χ0n) is 12.3. The Bertz CT molecular complexity index is 615. The van der Waals surface area contributed by atoms with Crippen LogP contribution in [0.4, 0.5) is 0 Å². The van der Waals surface area contributed by atoms with Crippen molar-refractivity contribution in [2.24, 2.45) is 12.8 Å². The van der Waals surface area contributed by atoms with Crippen molar-refractivity contribution in [3.8, 4) is 0 Å². The number of carbonyl (C=O) groups is 1. The lowest BCUT2D eigenvalue weighted by Crippen LogP contribution is -2.41. The fourth-order valence-corrected chi connectivity index (χ4v) is 4.09. The van der Waals surface area contributed by atoms with Gasteiger partial charge in [-0.2, -0.15) is 0 Å². The molecule has 4 N–H and O–H groups in total. The predicted molar refractivity (Wildman–Crippen MR) is 79.4 cm³/mol. The van der Waals surface area contributed by atoms with E-state index in [0.29, 0.717) is 6.04 Å². The number of primary amides is 1. The van der Waals surface area contributed by atoms with Crippen LogP contribution in [0.25, 0.3) is 0 Å². The molecule has 2 rings (SSSR count). The third-order valence-corrected chi connectivity index (χ3v) is 5.49. The molecule has 0 radical (unpaired) electrons. The third-order valence-electron chi connectivity index (χ3n) is 4.00. The standard InChI is InChI=1S/C13H22N4O3S/c1-15-9-3-5-10(6-4-9)16-21(19,20)11-7-12(13(14)18)17(2)8-11/h7-10,15-16H,3-6H2,1-2H3,(H2,14,18). The monoisotopic (exact) mass is 314 g/mol. The minimum atomic E-state index is -3.62. The fraction of sp³-hybridized carbons (Fsp3) is 0.615. The van der Waals surface area contributed by atoms with E-state index in [2.05, 4.69) is 10.0 Å². The Morgan fingerprint density at radius 1 is 1.29 bits per heavy atom. The molecule has 0 atom stereocenters. The van der Waals surface area contributed by atoms with Gasteiger partial charge in [-0.15, -0.1) is 0 Å². The predicted octanol–water partition coefficient (Wildman–Crippen LogP) is -0.0671. The number of hydrogen-bond acceptors (Lipinski definition) is 4. The Hall–Kier alpha value is -1.38. The minimum absolute atomic E-state index is 0.0585. The molecule has 118 valence electrons. The molecule has 1 aromatic heterocycles. The first-order valence-corrected chi connectivity index (χ1v) is 8.47. The molecule has 0 aliphatic heterocycles. The topological polar surface area (TPSA) is 106 Å². The van der Waals surface area contributed by atoms with Crippen molar-refractivity contribution >= 4 is 15.9 Å². The fourth-order valence-electron chi connectivity index (χ4n) is 2.71. The van der Waals surface area contributed by atoms with E-state index >= 15 is 0 Å². The van der Waals surface area contributed by atoms with Gasteiger partial charge in [0.1, 0.15) is 10.6 Å². The summed E-state index contributed by atoms with van der Waals surface area (Å²) in [5.41, 5.74) is 5.38. The van der Waals surface area contributed by atoms with Gasteiger partial charge < -0.3 is 15.6 Å². The second-order valence-corrected chi connectivity index (χ2v) is 7.21. The Labute approximate surface area is 124 Å². The van der Waals surface area contributed by atoms with E-state index in [1.54, 1.807) is 7.05 Å². The Morgan fingerprint density at radius 2 is 1.86 bits per heavy atom. The molecule has 1 saturated carbocycles. The van der Waals surface area contributed by atoms with Gasteiger partial charge in [0.15, 0.2) is 0 Å². The average Bonchev–Trinajstić information content (AvgIpc) is 2.82. The highest BCUT2D eigenvalue weighted by molar-refractivity contribution is 7.89. The molecular weight excluding hydrogens is 292 g/mol. The maximum Gasteiger partial charge on any atom is 0.265 e. The van der Waals surface area contributed by atoms with Crippen LogP contribution in [-0.4, -0.2) is 38.0 Å². The van der Waals surface area contributed by atoms with Gasteiger partial charge >= 0.3 is 0 Å². The lowest BCUT2D eigenvalue weighted by molar-refractivity contribution is 0.0992. The number of nitrogens with zero attached hydrogens (tertiary/aromatic N) is 1. The highest BCUT2D eigenvalue weighted by atomic mass is 32.2. The van der Waals surface area contributed by atoms with Crippen LogP contribution in [0.2, 0.25) is 0 Å². The molecule has 0 spiro atoms. The van der Waals surface area contributed by atoms with E-state index in [4.69, 9.17) is 5.73 Å². The molecule has 21 heavy (non-hydrogen) atoms. The molecule has 1 aromatic rings. The van der Waals surface area contributed by atoms with Crippen LogP contribution in [0.1, 0.15) is 36.2 Å². The number of nitrogens with two attached hydrogens (primary N) is 1. The van der Waals surface area contributed by atoms with Crippen molar-refractivity contribution in [3.63, 3.8) is 0 Å². The second-order valence-electron chi connectivity index (χ2n) is 5.49. The van der Waals surface area contributed by atoms with Crippen LogP contribution >= 0.6 is 0 Å². The number of carbonyl (C=O) groups excluding carboxylic acids is 1. The smallest absolute Gasteiger partial charge is 0.265 e. The van der Waals surface area contributed by atoms with Crippen LogP contribution in [-0.2, 0) is 17.1 Å². The van der Waals surface area contributed by atoms with Gasteiger partial charge in [0.05, 0.1) is 0 Å². The summed E-state index contributed by atoms with van der Waals surface area (Å²) in [7, 11) is -0.103. The molecule has 8 heteroatoms. The molecule has 0 unspecified atom stereocenters.